The van der Waals surface area contributed by atoms with Gasteiger partial charge in [-0.15, -0.1) is 5.10 Å². The molecule has 0 amide bonds. The van der Waals surface area contributed by atoms with E-state index in [9.17, 15) is 4.79 Å². The second-order valence-electron chi connectivity index (χ2n) is 4.37. The fraction of sp³-hybridized carbons (Fsp3) is 0.286. The van der Waals surface area contributed by atoms with Crippen LogP contribution in [0.25, 0.3) is 0 Å². The highest BCUT2D eigenvalue weighted by atomic mass is 32.2. The Morgan fingerprint density at radius 1 is 1.43 bits per heavy atom. The summed E-state index contributed by atoms with van der Waals surface area (Å²) in [5, 5.41) is 11.3. The van der Waals surface area contributed by atoms with Crippen molar-refractivity contribution in [2.45, 2.75) is 12.1 Å². The molecular weight excluding hydrogens is 318 g/mol. The number of anilines is 1. The molecule has 0 atom stereocenters. The van der Waals surface area contributed by atoms with Crippen molar-refractivity contribution in [3.05, 3.63) is 29.8 Å². The smallest absolute Gasteiger partial charge is 0.316 e. The second-order valence-corrected chi connectivity index (χ2v) is 5.31. The molecule has 9 heteroatoms. The Morgan fingerprint density at radius 3 is 3.00 bits per heavy atom. The maximum Gasteiger partial charge on any atom is 0.316 e. The van der Waals surface area contributed by atoms with Crippen LogP contribution < -0.4 is 10.2 Å². The average molecular weight is 335 g/mol. The van der Waals surface area contributed by atoms with Crippen molar-refractivity contribution in [1.82, 2.24) is 15.2 Å². The fourth-order valence-corrected chi connectivity index (χ4v) is 2.22. The van der Waals surface area contributed by atoms with Gasteiger partial charge in [-0.2, -0.15) is 10.1 Å². The number of nitrogens with zero attached hydrogens (tertiary/aromatic N) is 3. The summed E-state index contributed by atoms with van der Waals surface area (Å²) < 4.78 is 9.73. The number of esters is 1. The normalized spacial score (nSPS) is 11.2. The predicted molar refractivity (Wildman–Crippen MR) is 88.0 cm³/mol. The molecule has 1 heterocycles. The molecule has 0 saturated heterocycles. The number of H-pyrrole nitrogens is 1. The maximum atomic E-state index is 11.1. The lowest BCUT2D eigenvalue weighted by atomic mass is 10.1. The van der Waals surface area contributed by atoms with E-state index in [-0.39, 0.29) is 11.7 Å². The van der Waals surface area contributed by atoms with Gasteiger partial charge in [-0.3, -0.25) is 4.79 Å². The van der Waals surface area contributed by atoms with Gasteiger partial charge in [-0.05, 0) is 19.1 Å². The van der Waals surface area contributed by atoms with Gasteiger partial charge in [0, 0.05) is 5.56 Å². The van der Waals surface area contributed by atoms with Crippen molar-refractivity contribution in [3.8, 4) is 5.75 Å². The van der Waals surface area contributed by atoms with Gasteiger partial charge >= 0.3 is 5.97 Å². The Morgan fingerprint density at radius 2 is 2.26 bits per heavy atom. The van der Waals surface area contributed by atoms with Gasteiger partial charge in [0.15, 0.2) is 0 Å². The Kier molecular flexibility index (Phi) is 5.98. The van der Waals surface area contributed by atoms with E-state index in [0.29, 0.717) is 11.1 Å². The van der Waals surface area contributed by atoms with Gasteiger partial charge in [0.1, 0.15) is 5.75 Å². The van der Waals surface area contributed by atoms with Crippen molar-refractivity contribution < 1.29 is 14.3 Å². The SMILES string of the molecule is COC(=O)CSc1n[nH]c(N/N=C(\C)c2cccc(OC)c2)n1. The lowest BCUT2D eigenvalue weighted by molar-refractivity contribution is -0.137. The maximum absolute atomic E-state index is 11.1. The average Bonchev–Trinajstić information content (AvgIpc) is 3.05. The van der Waals surface area contributed by atoms with Crippen molar-refractivity contribution in [3.63, 3.8) is 0 Å². The summed E-state index contributed by atoms with van der Waals surface area (Å²) in [5.41, 5.74) is 4.49. The lowest BCUT2D eigenvalue weighted by Gasteiger charge is -2.04. The first kappa shape index (κ1) is 16.8. The molecule has 1 aromatic heterocycles. The van der Waals surface area contributed by atoms with Crippen LogP contribution in [0.3, 0.4) is 0 Å². The van der Waals surface area contributed by atoms with Gasteiger partial charge in [0.25, 0.3) is 0 Å². The molecule has 2 aromatic rings. The lowest BCUT2D eigenvalue weighted by Crippen LogP contribution is -2.03. The first-order valence-corrected chi connectivity index (χ1v) is 7.67. The minimum atomic E-state index is -0.332. The molecule has 0 unspecified atom stereocenters. The van der Waals surface area contributed by atoms with Gasteiger partial charge in [-0.1, -0.05) is 23.9 Å². The number of nitrogens with one attached hydrogen (secondary N) is 2. The Balaban J connectivity index is 1.96. The van der Waals surface area contributed by atoms with Gasteiger partial charge in [0.2, 0.25) is 11.1 Å². The number of benzene rings is 1. The van der Waals surface area contributed by atoms with E-state index in [4.69, 9.17) is 4.74 Å². The number of hydrogen-bond acceptors (Lipinski definition) is 8. The Hall–Kier alpha value is -2.55. The second kappa shape index (κ2) is 8.18. The zero-order valence-corrected chi connectivity index (χ0v) is 13.8. The van der Waals surface area contributed by atoms with Crippen LogP contribution in [0.4, 0.5) is 5.95 Å². The predicted octanol–water partition coefficient (Wildman–Crippen LogP) is 1.91. The van der Waals surface area contributed by atoms with E-state index in [1.54, 1.807) is 7.11 Å². The van der Waals surface area contributed by atoms with E-state index in [1.807, 2.05) is 31.2 Å². The quantitative estimate of drug-likeness (QED) is 0.345. The van der Waals surface area contributed by atoms with Gasteiger partial charge in [0.05, 0.1) is 25.7 Å². The van der Waals surface area contributed by atoms with E-state index < -0.39 is 0 Å². The van der Waals surface area contributed by atoms with Crippen LogP contribution in [-0.2, 0) is 9.53 Å². The number of hydrogen-bond donors (Lipinski definition) is 2. The van der Waals surface area contributed by atoms with Gasteiger partial charge in [-0.25, -0.2) is 10.5 Å². The topological polar surface area (TPSA) is 101 Å². The molecule has 0 aliphatic heterocycles. The van der Waals surface area contributed by atoms with Crippen LogP contribution in [0.15, 0.2) is 34.5 Å². The summed E-state index contributed by atoms with van der Waals surface area (Å²) in [5.74, 6) is 0.971. The number of rotatable bonds is 7. The zero-order chi connectivity index (χ0) is 16.7. The van der Waals surface area contributed by atoms with Crippen LogP contribution in [0.5, 0.6) is 5.75 Å². The molecule has 0 fully saturated rings. The van der Waals surface area contributed by atoms with Crippen LogP contribution in [0.2, 0.25) is 0 Å². The number of carbonyl (C=O) groups is 1. The number of aromatic nitrogens is 3. The molecular formula is C14H17N5O3S. The summed E-state index contributed by atoms with van der Waals surface area (Å²) in [6.45, 7) is 1.87. The highest BCUT2D eigenvalue weighted by Crippen LogP contribution is 2.15. The molecule has 122 valence electrons. The van der Waals surface area contributed by atoms with Crippen molar-refractivity contribution in [1.29, 1.82) is 0 Å². The Labute approximate surface area is 137 Å². The number of hydrazone groups is 1. The third-order valence-electron chi connectivity index (χ3n) is 2.83. The Bertz CT molecular complexity index is 701. The molecule has 0 spiro atoms. The fourth-order valence-electron chi connectivity index (χ4n) is 1.59. The third kappa shape index (κ3) is 4.99. The molecule has 1 aromatic carbocycles. The number of methoxy groups -OCH3 is 2. The molecule has 2 N–H and O–H groups in total. The van der Waals surface area contributed by atoms with E-state index in [0.717, 1.165) is 17.0 Å². The van der Waals surface area contributed by atoms with Gasteiger partial charge < -0.3 is 9.47 Å². The standard InChI is InChI=1S/C14H17N5O3S/c1-9(10-5-4-6-11(7-10)21-2)16-17-13-15-14(19-18-13)23-8-12(20)22-3/h4-7H,8H2,1-3H3,(H2,15,17,18,19)/b16-9+. The van der Waals surface area contributed by atoms with Crippen molar-refractivity contribution in [2.24, 2.45) is 5.10 Å². The molecule has 8 nitrogen and oxygen atoms in total. The molecule has 0 aliphatic carbocycles. The van der Waals surface area contributed by atoms with E-state index >= 15 is 0 Å². The highest BCUT2D eigenvalue weighted by Gasteiger charge is 2.07. The first-order valence-electron chi connectivity index (χ1n) is 6.69. The molecule has 2 rings (SSSR count). The number of carbonyl (C=O) groups excluding carboxylic acids is 1. The summed E-state index contributed by atoms with van der Waals surface area (Å²) >= 11 is 1.18. The first-order chi connectivity index (χ1) is 11.1. The highest BCUT2D eigenvalue weighted by molar-refractivity contribution is 7.99. The number of ether oxygens (including phenoxy) is 2. The molecule has 23 heavy (non-hydrogen) atoms. The summed E-state index contributed by atoms with van der Waals surface area (Å²) in [4.78, 5) is 15.2. The van der Waals surface area contributed by atoms with Crippen molar-refractivity contribution >= 4 is 29.4 Å². The summed E-state index contributed by atoms with van der Waals surface area (Å²) in [6, 6.07) is 7.58. The zero-order valence-electron chi connectivity index (χ0n) is 13.0. The van der Waals surface area contributed by atoms with Crippen LogP contribution in [0.1, 0.15) is 12.5 Å². The molecule has 0 aliphatic rings. The largest absolute Gasteiger partial charge is 0.497 e. The van der Waals surface area contributed by atoms with Crippen LogP contribution in [-0.4, -0.2) is 46.8 Å². The molecule has 0 saturated carbocycles. The van der Waals surface area contributed by atoms with E-state index in [1.165, 1.54) is 18.9 Å². The number of thioether (sulfide) groups is 1. The third-order valence-corrected chi connectivity index (χ3v) is 3.65. The number of aromatic amines is 1. The van der Waals surface area contributed by atoms with E-state index in [2.05, 4.69) is 30.4 Å². The summed E-state index contributed by atoms with van der Waals surface area (Å²) in [7, 11) is 2.95. The summed E-state index contributed by atoms with van der Waals surface area (Å²) in [6.07, 6.45) is 0. The minimum absolute atomic E-state index is 0.153. The monoisotopic (exact) mass is 335 g/mol. The minimum Gasteiger partial charge on any atom is -0.497 e. The molecule has 0 radical (unpaired) electrons. The molecule has 0 bridgehead atoms. The van der Waals surface area contributed by atoms with Crippen molar-refractivity contribution in [2.75, 3.05) is 25.4 Å². The van der Waals surface area contributed by atoms with Crippen LogP contribution in [0, 0.1) is 0 Å². The van der Waals surface area contributed by atoms with Crippen LogP contribution >= 0.6 is 11.8 Å².